The summed E-state index contributed by atoms with van der Waals surface area (Å²) < 4.78 is 23.7. The highest BCUT2D eigenvalue weighted by molar-refractivity contribution is 7.29. The number of nitrogens with zero attached hydrogens (tertiary/aromatic N) is 2. The van der Waals surface area contributed by atoms with Gasteiger partial charge < -0.3 is 18.9 Å². The Morgan fingerprint density at radius 1 is 0.750 bits per heavy atom. The Bertz CT molecular complexity index is 1580. The molecule has 4 aromatic rings. The fourth-order valence-corrected chi connectivity index (χ4v) is 9.54. The average molecular weight is 549 g/mol. The van der Waals surface area contributed by atoms with Gasteiger partial charge in [0.2, 0.25) is 0 Å². The minimum atomic E-state index is 0.108. The van der Waals surface area contributed by atoms with Crippen molar-refractivity contribution in [3.63, 3.8) is 0 Å². The van der Waals surface area contributed by atoms with Crippen molar-refractivity contribution < 1.29 is 18.9 Å². The molecule has 0 radical (unpaired) electrons. The van der Waals surface area contributed by atoms with Crippen LogP contribution in [-0.2, 0) is 0 Å². The Balaban J connectivity index is 1.42. The first-order valence-corrected chi connectivity index (χ1v) is 14.4. The van der Waals surface area contributed by atoms with Gasteiger partial charge in [-0.15, -0.1) is 45.3 Å². The molecule has 0 spiro atoms. The number of nitriles is 1. The minimum absolute atomic E-state index is 0.108. The fourth-order valence-electron chi connectivity index (χ4n) is 4.77. The van der Waals surface area contributed by atoms with E-state index >= 15 is 0 Å². The van der Waals surface area contributed by atoms with Crippen LogP contribution in [0.25, 0.3) is 39.7 Å². The van der Waals surface area contributed by atoms with Gasteiger partial charge in [0.05, 0.1) is 32.1 Å². The Morgan fingerprint density at radius 2 is 1.19 bits per heavy atom. The lowest BCUT2D eigenvalue weighted by atomic mass is 10.0. The number of ether oxygens (including phenoxy) is 4. The molecule has 2 aliphatic heterocycles. The smallest absolute Gasteiger partial charge is 0.270 e. The van der Waals surface area contributed by atoms with Gasteiger partial charge >= 0.3 is 0 Å². The molecule has 0 fully saturated rings. The van der Waals surface area contributed by atoms with Crippen LogP contribution in [0.2, 0.25) is 0 Å². The molecule has 6 heterocycles. The van der Waals surface area contributed by atoms with Crippen LogP contribution in [0.1, 0.15) is 20.9 Å². The molecule has 0 atom stereocenters. The molecule has 36 heavy (non-hydrogen) atoms. The first-order valence-electron chi connectivity index (χ1n) is 11.2. The van der Waals surface area contributed by atoms with Gasteiger partial charge in [-0.1, -0.05) is 0 Å². The molecule has 10 heteroatoms. The predicted octanol–water partition coefficient (Wildman–Crippen LogP) is 7.61. The lowest BCUT2D eigenvalue weighted by Gasteiger charge is -2.16. The lowest BCUT2D eigenvalue weighted by molar-refractivity contribution is 0.173. The molecular formula is C26H16N2O4S4. The van der Waals surface area contributed by atoms with Gasteiger partial charge in [0.25, 0.3) is 5.70 Å². The molecule has 0 N–H and O–H groups in total. The van der Waals surface area contributed by atoms with Gasteiger partial charge in [-0.25, -0.2) is 10.1 Å². The Kier molecular flexibility index (Phi) is 4.95. The van der Waals surface area contributed by atoms with Crippen LogP contribution in [0.5, 0.6) is 23.0 Å². The summed E-state index contributed by atoms with van der Waals surface area (Å²) in [6, 6.07) is 6.33. The van der Waals surface area contributed by atoms with Crippen molar-refractivity contribution in [2.45, 2.75) is 13.8 Å². The molecule has 178 valence electrons. The molecule has 0 bridgehead atoms. The number of thiophene rings is 4. The topological polar surface area (TPSA) is 65.1 Å². The monoisotopic (exact) mass is 548 g/mol. The van der Waals surface area contributed by atoms with Crippen LogP contribution >= 0.6 is 45.3 Å². The second kappa shape index (κ2) is 8.12. The first-order chi connectivity index (χ1) is 17.6. The molecule has 0 aromatic carbocycles. The molecule has 0 amide bonds. The van der Waals surface area contributed by atoms with Gasteiger partial charge in [0.15, 0.2) is 23.0 Å². The maximum atomic E-state index is 9.82. The summed E-state index contributed by atoms with van der Waals surface area (Å²) in [5.74, 6) is 3.24. The molecule has 1 aliphatic carbocycles. The number of hydrogen-bond donors (Lipinski definition) is 0. The number of hydrogen-bond acceptors (Lipinski definition) is 9. The Morgan fingerprint density at radius 3 is 1.61 bits per heavy atom. The highest BCUT2D eigenvalue weighted by atomic mass is 32.1. The number of allylic oxidation sites excluding steroid dienone is 1. The van der Waals surface area contributed by atoms with Crippen LogP contribution in [-0.4, -0.2) is 26.4 Å². The van der Waals surface area contributed by atoms with Crippen LogP contribution < -0.4 is 18.9 Å². The van der Waals surface area contributed by atoms with Gasteiger partial charge in [0.1, 0.15) is 26.4 Å². The second-order valence-electron chi connectivity index (χ2n) is 8.34. The normalized spacial score (nSPS) is 14.7. The highest BCUT2D eigenvalue weighted by Crippen LogP contribution is 2.60. The fraction of sp³-hybridized carbons (Fsp3) is 0.231. The summed E-state index contributed by atoms with van der Waals surface area (Å²) in [4.78, 5) is 12.1. The summed E-state index contributed by atoms with van der Waals surface area (Å²) in [5, 5.41) is 9.82. The second-order valence-corrected chi connectivity index (χ2v) is 12.9. The third-order valence-corrected chi connectivity index (χ3v) is 11.2. The standard InChI is InChI=1S/C26H16N2O4S4/c1-11-19-21(31-6-4-29-19)25(33-11)16-8-13-18(15(10-27)28-3)14-9-17(36-24(14)23(13)35-16)26-22-20(12(2)34-26)30-5-7-32-22/h8-9H,4-7H2,1-2H3. The summed E-state index contributed by atoms with van der Waals surface area (Å²) in [6.45, 7) is 13.9. The van der Waals surface area contributed by atoms with Crippen LogP contribution in [0.4, 0.5) is 0 Å². The molecule has 7 rings (SSSR count). The minimum Gasteiger partial charge on any atom is -0.485 e. The van der Waals surface area contributed by atoms with E-state index in [4.69, 9.17) is 25.5 Å². The molecule has 6 nitrogen and oxygen atoms in total. The Hall–Kier alpha value is -3.28. The Labute approximate surface area is 223 Å². The maximum absolute atomic E-state index is 9.82. The molecule has 0 saturated heterocycles. The van der Waals surface area contributed by atoms with Crippen molar-refractivity contribution in [3.8, 4) is 58.3 Å². The molecule has 0 unspecified atom stereocenters. The van der Waals surface area contributed by atoms with Crippen molar-refractivity contribution in [2.24, 2.45) is 0 Å². The van der Waals surface area contributed by atoms with E-state index in [-0.39, 0.29) is 5.70 Å². The third-order valence-electron chi connectivity index (χ3n) is 6.24. The summed E-state index contributed by atoms with van der Waals surface area (Å²) in [7, 11) is 0. The lowest BCUT2D eigenvalue weighted by Crippen LogP contribution is -2.14. The summed E-state index contributed by atoms with van der Waals surface area (Å²) in [6.07, 6.45) is 0. The van der Waals surface area contributed by atoms with Crippen molar-refractivity contribution in [2.75, 3.05) is 26.4 Å². The van der Waals surface area contributed by atoms with E-state index in [1.165, 1.54) is 0 Å². The molecule has 4 aromatic heterocycles. The van der Waals surface area contributed by atoms with Gasteiger partial charge in [-0.3, -0.25) is 0 Å². The van der Waals surface area contributed by atoms with Crippen LogP contribution in [0.15, 0.2) is 17.8 Å². The number of fused-ring (bicyclic) bond motifs is 5. The van der Waals surface area contributed by atoms with Gasteiger partial charge in [0, 0.05) is 25.1 Å². The molecule has 3 aliphatic rings. The zero-order valence-corrected chi connectivity index (χ0v) is 22.4. The summed E-state index contributed by atoms with van der Waals surface area (Å²) >= 11 is 6.66. The maximum Gasteiger partial charge on any atom is 0.270 e. The quantitative estimate of drug-likeness (QED) is 0.168. The zero-order valence-electron chi connectivity index (χ0n) is 19.1. The van der Waals surface area contributed by atoms with Gasteiger partial charge in [-0.05, 0) is 37.1 Å². The van der Waals surface area contributed by atoms with Crippen molar-refractivity contribution >= 4 is 50.9 Å². The third kappa shape index (κ3) is 3.02. The van der Waals surface area contributed by atoms with E-state index in [9.17, 15) is 5.26 Å². The van der Waals surface area contributed by atoms with Crippen LogP contribution in [0.3, 0.4) is 0 Å². The van der Waals surface area contributed by atoms with E-state index in [0.717, 1.165) is 73.1 Å². The SMILES string of the molecule is [C-]#[N+]C(C#N)=C1c2cc(-c3sc(C)c4c3OCCO4)sc2-c2sc(-c3sc(C)c4c3OCCO4)cc21. The van der Waals surface area contributed by atoms with E-state index in [0.29, 0.717) is 32.0 Å². The van der Waals surface area contributed by atoms with E-state index < -0.39 is 0 Å². The van der Waals surface area contributed by atoms with E-state index in [1.807, 2.05) is 13.8 Å². The largest absolute Gasteiger partial charge is 0.485 e. The molecular weight excluding hydrogens is 533 g/mol. The molecule has 0 saturated carbocycles. The van der Waals surface area contributed by atoms with Crippen molar-refractivity contribution in [1.29, 1.82) is 5.26 Å². The number of rotatable bonds is 2. The average Bonchev–Trinajstić information content (AvgIpc) is 3.69. The summed E-state index contributed by atoms with van der Waals surface area (Å²) in [5.41, 5.74) is 2.70. The first kappa shape index (κ1) is 22.0. The van der Waals surface area contributed by atoms with Crippen molar-refractivity contribution in [3.05, 3.63) is 50.1 Å². The van der Waals surface area contributed by atoms with Crippen LogP contribution in [0, 0.1) is 31.8 Å². The number of aryl methyl sites for hydroxylation is 2. The van der Waals surface area contributed by atoms with E-state index in [2.05, 4.69) is 23.0 Å². The van der Waals surface area contributed by atoms with E-state index in [1.54, 1.807) is 45.3 Å². The predicted molar refractivity (Wildman–Crippen MR) is 144 cm³/mol. The highest BCUT2D eigenvalue weighted by Gasteiger charge is 2.35. The zero-order chi connectivity index (χ0) is 24.6. The van der Waals surface area contributed by atoms with Crippen molar-refractivity contribution in [1.82, 2.24) is 0 Å². The van der Waals surface area contributed by atoms with Gasteiger partial charge in [-0.2, -0.15) is 0 Å².